The molecule has 3 amide bonds. The Bertz CT molecular complexity index is 1340. The van der Waals surface area contributed by atoms with Crippen molar-refractivity contribution in [3.05, 3.63) is 54.1 Å². The summed E-state index contributed by atoms with van der Waals surface area (Å²) in [4.78, 5) is 47.4. The minimum atomic E-state index is -3.57. The quantitative estimate of drug-likeness (QED) is 0.158. The summed E-state index contributed by atoms with van der Waals surface area (Å²) in [5, 5.41) is 19.4. The predicted molar refractivity (Wildman–Crippen MR) is 174 cm³/mol. The summed E-state index contributed by atoms with van der Waals surface area (Å²) in [5.74, 6) is -1.06. The van der Waals surface area contributed by atoms with Gasteiger partial charge in [-0.15, -0.1) is 0 Å². The number of ether oxygens (including phenoxy) is 1. The molecule has 1 aliphatic rings. The van der Waals surface area contributed by atoms with Gasteiger partial charge < -0.3 is 30.8 Å². The Morgan fingerprint density at radius 1 is 1.00 bits per heavy atom. The third-order valence-corrected chi connectivity index (χ3v) is 9.25. The maximum absolute atomic E-state index is 13.9. The second-order valence-corrected chi connectivity index (χ2v) is 15.0. The molecule has 0 bridgehead atoms. The molecule has 0 unspecified atom stereocenters. The number of aromatic amines is 1. The minimum Gasteiger partial charge on any atom is -0.444 e. The van der Waals surface area contributed by atoms with E-state index in [1.54, 1.807) is 27.0 Å². The molecule has 1 aliphatic carbocycles. The van der Waals surface area contributed by atoms with Crippen LogP contribution in [0.15, 0.2) is 42.9 Å². The van der Waals surface area contributed by atoms with Crippen molar-refractivity contribution < 1.29 is 32.6 Å². The van der Waals surface area contributed by atoms with Crippen molar-refractivity contribution in [3.63, 3.8) is 0 Å². The first kappa shape index (κ1) is 37.0. The van der Waals surface area contributed by atoms with Gasteiger partial charge in [0.1, 0.15) is 17.7 Å². The number of aromatic nitrogens is 2. The average molecular weight is 663 g/mol. The summed E-state index contributed by atoms with van der Waals surface area (Å²) < 4.78 is 32.0. The minimum absolute atomic E-state index is 0.0281. The standard InChI is InChI=1S/C32H50N6O7S/c1-5-46(43,44)35-20-28(39)25(16-22-12-8-6-9-13-22)36-30(41)27(18-24-19-33-21-34-24)37-29(40)26(17-23-14-10-7-11-15-23)38-31(42)45-32(2,3)4/h7,10-11,14-15,19,21-22,25-28,35,39H,5-6,8-9,12-13,16-18,20H2,1-4H3,(H,33,34)(H,36,41)(H,37,40)(H,38,42)/t25-,26-,27-,28-/m0/s1. The predicted octanol–water partition coefficient (Wildman–Crippen LogP) is 2.33. The van der Waals surface area contributed by atoms with Gasteiger partial charge in [0.15, 0.2) is 0 Å². The fourth-order valence-corrected chi connectivity index (χ4v) is 6.07. The lowest BCUT2D eigenvalue weighted by Crippen LogP contribution is -2.58. The Morgan fingerprint density at radius 2 is 1.65 bits per heavy atom. The van der Waals surface area contributed by atoms with Crippen LogP contribution in [0.4, 0.5) is 4.79 Å². The number of benzene rings is 1. The van der Waals surface area contributed by atoms with Gasteiger partial charge in [-0.3, -0.25) is 9.59 Å². The van der Waals surface area contributed by atoms with Crippen molar-refractivity contribution in [2.75, 3.05) is 12.3 Å². The molecule has 1 aromatic carbocycles. The van der Waals surface area contributed by atoms with Gasteiger partial charge in [0.25, 0.3) is 0 Å². The topological polar surface area (TPSA) is 192 Å². The number of alkyl carbamates (subject to hydrolysis) is 1. The fourth-order valence-electron chi connectivity index (χ4n) is 5.44. The maximum Gasteiger partial charge on any atom is 0.408 e. The number of carbonyl (C=O) groups excluding carboxylic acids is 3. The van der Waals surface area contributed by atoms with Crippen molar-refractivity contribution in [1.29, 1.82) is 0 Å². The SMILES string of the molecule is CCS(=O)(=O)NC[C@H](O)[C@H](CC1CCCCC1)NC(=O)[C@H](Cc1c[nH]cn1)NC(=O)[C@H](Cc1ccccc1)NC(=O)OC(C)(C)C. The number of H-pyrrole nitrogens is 1. The number of imidazole rings is 1. The van der Waals surface area contributed by atoms with Crippen LogP contribution in [0.3, 0.4) is 0 Å². The summed E-state index contributed by atoms with van der Waals surface area (Å²) in [6.07, 6.45) is 6.86. The van der Waals surface area contributed by atoms with Gasteiger partial charge in [-0.05, 0) is 45.6 Å². The summed E-state index contributed by atoms with van der Waals surface area (Å²) in [6.45, 7) is 6.39. The number of nitrogens with one attached hydrogen (secondary N) is 5. The molecule has 46 heavy (non-hydrogen) atoms. The number of hydrogen-bond acceptors (Lipinski definition) is 8. The van der Waals surface area contributed by atoms with Crippen molar-refractivity contribution in [3.8, 4) is 0 Å². The van der Waals surface area contributed by atoms with Crippen LogP contribution in [0.1, 0.15) is 77.5 Å². The number of sulfonamides is 1. The first-order chi connectivity index (χ1) is 21.7. The van der Waals surface area contributed by atoms with Crippen LogP contribution in [-0.4, -0.2) is 83.5 Å². The van der Waals surface area contributed by atoms with E-state index in [0.717, 1.165) is 37.7 Å². The molecule has 14 heteroatoms. The van der Waals surface area contributed by atoms with Crippen LogP contribution in [0, 0.1) is 5.92 Å². The third-order valence-electron chi connectivity index (χ3n) is 7.89. The Balaban J connectivity index is 1.83. The van der Waals surface area contributed by atoms with Gasteiger partial charge in [-0.2, -0.15) is 0 Å². The average Bonchev–Trinajstić information content (AvgIpc) is 3.52. The summed E-state index contributed by atoms with van der Waals surface area (Å²) in [6, 6.07) is 6.18. The highest BCUT2D eigenvalue weighted by Crippen LogP contribution is 2.28. The van der Waals surface area contributed by atoms with Crippen molar-refractivity contribution in [1.82, 2.24) is 30.6 Å². The highest BCUT2D eigenvalue weighted by Gasteiger charge is 2.33. The van der Waals surface area contributed by atoms with Gasteiger partial charge in [0.05, 0.1) is 29.9 Å². The van der Waals surface area contributed by atoms with Gasteiger partial charge >= 0.3 is 6.09 Å². The molecule has 3 rings (SSSR count). The molecule has 0 saturated heterocycles. The smallest absolute Gasteiger partial charge is 0.408 e. The first-order valence-electron chi connectivity index (χ1n) is 16.0. The Labute approximate surface area is 272 Å². The van der Waals surface area contributed by atoms with E-state index in [4.69, 9.17) is 4.74 Å². The zero-order chi connectivity index (χ0) is 33.7. The fraction of sp³-hybridized carbons (Fsp3) is 0.625. The normalized spacial score (nSPS) is 16.9. The number of amides is 3. The lowest BCUT2D eigenvalue weighted by atomic mass is 9.83. The molecule has 4 atom stereocenters. The molecule has 1 heterocycles. The van der Waals surface area contributed by atoms with E-state index in [1.807, 2.05) is 30.3 Å². The van der Waals surface area contributed by atoms with Crippen LogP contribution in [-0.2, 0) is 37.2 Å². The van der Waals surface area contributed by atoms with E-state index in [9.17, 15) is 27.9 Å². The molecular formula is C32H50N6O7S. The van der Waals surface area contributed by atoms with Crippen molar-refractivity contribution in [2.45, 2.75) is 109 Å². The largest absolute Gasteiger partial charge is 0.444 e. The third kappa shape index (κ3) is 13.1. The molecule has 1 saturated carbocycles. The Morgan fingerprint density at radius 3 is 2.26 bits per heavy atom. The molecule has 2 aromatic rings. The van der Waals surface area contributed by atoms with Crippen LogP contribution in [0.2, 0.25) is 0 Å². The highest BCUT2D eigenvalue weighted by molar-refractivity contribution is 7.89. The molecular weight excluding hydrogens is 612 g/mol. The van der Waals surface area contributed by atoms with Crippen molar-refractivity contribution >= 4 is 27.9 Å². The lowest BCUT2D eigenvalue weighted by Gasteiger charge is -2.32. The molecule has 0 spiro atoms. The van der Waals surface area contributed by atoms with Crippen LogP contribution >= 0.6 is 0 Å². The van der Waals surface area contributed by atoms with E-state index in [1.165, 1.54) is 13.3 Å². The molecule has 0 radical (unpaired) electrons. The molecule has 6 N–H and O–H groups in total. The molecule has 1 aromatic heterocycles. The zero-order valence-corrected chi connectivity index (χ0v) is 28.1. The van der Waals surface area contributed by atoms with Crippen LogP contribution in [0.5, 0.6) is 0 Å². The van der Waals surface area contributed by atoms with Crippen molar-refractivity contribution in [2.24, 2.45) is 5.92 Å². The van der Waals surface area contributed by atoms with E-state index >= 15 is 0 Å². The highest BCUT2D eigenvalue weighted by atomic mass is 32.2. The number of nitrogens with zero attached hydrogens (tertiary/aromatic N) is 1. The zero-order valence-electron chi connectivity index (χ0n) is 27.3. The van der Waals surface area contributed by atoms with Crippen LogP contribution in [0.25, 0.3) is 0 Å². The monoisotopic (exact) mass is 662 g/mol. The van der Waals surface area contributed by atoms with Gasteiger partial charge in [-0.1, -0.05) is 62.4 Å². The number of rotatable bonds is 16. The first-order valence-corrected chi connectivity index (χ1v) is 17.7. The molecule has 13 nitrogen and oxygen atoms in total. The summed E-state index contributed by atoms with van der Waals surface area (Å²) in [7, 11) is -3.57. The Kier molecular flexibility index (Phi) is 14.0. The molecule has 0 aliphatic heterocycles. The molecule has 256 valence electrons. The van der Waals surface area contributed by atoms with Gasteiger partial charge in [0, 0.05) is 25.6 Å². The maximum atomic E-state index is 13.9. The second kappa shape index (κ2) is 17.4. The van der Waals surface area contributed by atoms with E-state index in [0.29, 0.717) is 12.1 Å². The van der Waals surface area contributed by atoms with E-state index < -0.39 is 57.8 Å². The number of carbonyl (C=O) groups is 3. The Hall–Kier alpha value is -3.49. The summed E-state index contributed by atoms with van der Waals surface area (Å²) >= 11 is 0. The van der Waals surface area contributed by atoms with E-state index in [-0.39, 0.29) is 31.1 Å². The second-order valence-electron chi connectivity index (χ2n) is 12.9. The molecule has 1 fully saturated rings. The number of aliphatic hydroxyl groups excluding tert-OH is 1. The van der Waals surface area contributed by atoms with E-state index in [2.05, 4.69) is 30.6 Å². The van der Waals surface area contributed by atoms with Gasteiger partial charge in [-0.25, -0.2) is 22.9 Å². The van der Waals surface area contributed by atoms with Gasteiger partial charge in [0.2, 0.25) is 21.8 Å². The lowest BCUT2D eigenvalue weighted by molar-refractivity contribution is -0.131. The van der Waals surface area contributed by atoms with Crippen LogP contribution < -0.4 is 20.7 Å². The summed E-state index contributed by atoms with van der Waals surface area (Å²) in [5.41, 5.74) is 0.511. The number of hydrogen-bond donors (Lipinski definition) is 6. The number of aliphatic hydroxyl groups is 1.